The molecule has 238 valence electrons. The van der Waals surface area contributed by atoms with E-state index in [1.54, 1.807) is 11.1 Å². The Balaban J connectivity index is 1.30. The molecule has 0 aliphatic heterocycles. The number of unbranched alkanes of at least 4 members (excludes halogenated alkanes) is 10. The van der Waals surface area contributed by atoms with Crippen molar-refractivity contribution in [1.29, 1.82) is 0 Å². The average molecular weight is 679 g/mol. The van der Waals surface area contributed by atoms with Crippen LogP contribution in [0.2, 0.25) is 0 Å². The fraction of sp³-hybridized carbons (Fsp3) is 0.381. The fourth-order valence-electron chi connectivity index (χ4n) is 7.03. The van der Waals surface area contributed by atoms with Crippen molar-refractivity contribution >= 4 is 85.7 Å². The van der Waals surface area contributed by atoms with E-state index in [0.29, 0.717) is 0 Å². The van der Waals surface area contributed by atoms with Crippen molar-refractivity contribution in [3.8, 4) is 19.5 Å². The molecule has 0 aliphatic rings. The van der Waals surface area contributed by atoms with Crippen LogP contribution >= 0.6 is 45.3 Å². The van der Waals surface area contributed by atoms with Gasteiger partial charge in [0.2, 0.25) is 0 Å². The zero-order valence-corrected chi connectivity index (χ0v) is 30.7. The number of hydrogen-bond acceptors (Lipinski definition) is 4. The lowest BCUT2D eigenvalue weighted by atomic mass is 9.98. The van der Waals surface area contributed by atoms with Gasteiger partial charge in [0.05, 0.1) is 0 Å². The normalized spacial score (nSPS) is 12.0. The minimum atomic E-state index is 1.18. The molecule has 7 rings (SSSR count). The summed E-state index contributed by atoms with van der Waals surface area (Å²) in [4.78, 5) is 5.93. The maximum absolute atomic E-state index is 2.59. The standard InChI is InChI=1S/C42H46S4/c1-3-5-7-9-11-13-21-31-33-27-38-34(28-37(33)45-41(31)39-25-29-19-15-17-23-35(29)43-39)32(22-14-12-10-8-6-4-2)42(46-38)40-26-30-20-16-18-24-36(30)44-40/h15-20,23-28H,3-14,21-22H2,1-2H3. The third kappa shape index (κ3) is 6.88. The maximum atomic E-state index is 2.59. The van der Waals surface area contributed by atoms with Crippen LogP contribution < -0.4 is 0 Å². The Labute approximate surface area is 291 Å². The van der Waals surface area contributed by atoms with E-state index in [2.05, 4.69) is 109 Å². The topological polar surface area (TPSA) is 0 Å². The molecule has 0 saturated heterocycles. The first kappa shape index (κ1) is 32.1. The van der Waals surface area contributed by atoms with Crippen LogP contribution in [0.15, 0.2) is 72.8 Å². The molecule has 0 radical (unpaired) electrons. The largest absolute Gasteiger partial charge is 0.134 e. The highest BCUT2D eigenvalue weighted by Crippen LogP contribution is 2.49. The van der Waals surface area contributed by atoms with Crippen LogP contribution in [0, 0.1) is 0 Å². The Morgan fingerprint density at radius 3 is 1.26 bits per heavy atom. The molecule has 0 unspecified atom stereocenters. The van der Waals surface area contributed by atoms with E-state index in [1.807, 2.05) is 22.7 Å². The number of hydrogen-bond donors (Lipinski definition) is 0. The lowest BCUT2D eigenvalue weighted by Gasteiger charge is -2.06. The Kier molecular flexibility index (Phi) is 10.6. The van der Waals surface area contributed by atoms with Crippen LogP contribution in [0.25, 0.3) is 59.9 Å². The first-order valence-corrected chi connectivity index (χ1v) is 21.0. The predicted molar refractivity (Wildman–Crippen MR) is 213 cm³/mol. The Bertz CT molecular complexity index is 1830. The molecule has 0 fully saturated rings. The highest BCUT2D eigenvalue weighted by molar-refractivity contribution is 7.30. The third-order valence-electron chi connectivity index (χ3n) is 9.56. The van der Waals surface area contributed by atoms with E-state index >= 15 is 0 Å². The van der Waals surface area contributed by atoms with Crippen LogP contribution in [0.1, 0.15) is 102 Å². The Morgan fingerprint density at radius 2 is 0.826 bits per heavy atom. The van der Waals surface area contributed by atoms with Gasteiger partial charge < -0.3 is 0 Å². The average Bonchev–Trinajstić information content (AvgIpc) is 3.85. The summed E-state index contributed by atoms with van der Waals surface area (Å²) < 4.78 is 5.75. The quantitative estimate of drug-likeness (QED) is 0.0893. The first-order chi connectivity index (χ1) is 22.7. The zero-order valence-electron chi connectivity index (χ0n) is 27.5. The van der Waals surface area contributed by atoms with Crippen molar-refractivity contribution in [3.63, 3.8) is 0 Å². The van der Waals surface area contributed by atoms with Gasteiger partial charge >= 0.3 is 0 Å². The molecule has 0 bridgehead atoms. The molecule has 0 saturated carbocycles. The summed E-state index contributed by atoms with van der Waals surface area (Å²) >= 11 is 8.05. The maximum Gasteiger partial charge on any atom is 0.0487 e. The second-order valence-corrected chi connectivity index (χ2v) is 17.3. The molecule has 0 N–H and O–H groups in total. The van der Waals surface area contributed by atoms with Gasteiger partial charge in [0.1, 0.15) is 0 Å². The van der Waals surface area contributed by atoms with E-state index in [9.17, 15) is 0 Å². The second kappa shape index (κ2) is 15.2. The van der Waals surface area contributed by atoms with Crippen molar-refractivity contribution in [1.82, 2.24) is 0 Å². The van der Waals surface area contributed by atoms with Crippen LogP contribution in [-0.2, 0) is 12.8 Å². The summed E-state index contributed by atoms with van der Waals surface area (Å²) in [5.41, 5.74) is 3.19. The van der Waals surface area contributed by atoms with Gasteiger partial charge in [-0.1, -0.05) is 114 Å². The molecule has 0 nitrogen and oxygen atoms in total. The van der Waals surface area contributed by atoms with Gasteiger partial charge in [-0.05, 0) is 94.8 Å². The summed E-state index contributed by atoms with van der Waals surface area (Å²) in [5, 5.41) is 5.77. The third-order valence-corrected chi connectivity index (χ3v) is 14.5. The summed E-state index contributed by atoms with van der Waals surface area (Å²) in [5.74, 6) is 0. The lowest BCUT2D eigenvalue weighted by molar-refractivity contribution is 0.608. The summed E-state index contributed by atoms with van der Waals surface area (Å²) in [6, 6.07) is 27.9. The second-order valence-electron chi connectivity index (χ2n) is 13.0. The van der Waals surface area contributed by atoms with Crippen LogP contribution in [0.5, 0.6) is 0 Å². The molecule has 3 aromatic carbocycles. The van der Waals surface area contributed by atoms with Gasteiger partial charge in [0.15, 0.2) is 0 Å². The SMILES string of the molecule is CCCCCCCCc1c(-c2cc3ccccc3s2)sc2cc3c(CCCCCCCC)c(-c4cc5ccccc5s4)sc3cc12. The molecule has 0 aliphatic carbocycles. The smallest absolute Gasteiger partial charge is 0.0487 e. The van der Waals surface area contributed by atoms with Gasteiger partial charge in [-0.3, -0.25) is 0 Å². The minimum absolute atomic E-state index is 1.18. The molecule has 4 aromatic heterocycles. The predicted octanol–water partition coefficient (Wildman–Crippen LogP) is 15.7. The number of thiophene rings is 4. The van der Waals surface area contributed by atoms with E-state index in [0.717, 1.165) is 0 Å². The van der Waals surface area contributed by atoms with Gasteiger partial charge in [0.25, 0.3) is 0 Å². The van der Waals surface area contributed by atoms with Gasteiger partial charge in [-0.2, -0.15) is 0 Å². The molecular formula is C42H46S4. The number of rotatable bonds is 16. The van der Waals surface area contributed by atoms with Gasteiger partial charge in [0, 0.05) is 38.3 Å². The molecular weight excluding hydrogens is 633 g/mol. The van der Waals surface area contributed by atoms with Crippen molar-refractivity contribution in [2.45, 2.75) is 104 Å². The highest BCUT2D eigenvalue weighted by atomic mass is 32.1. The van der Waals surface area contributed by atoms with Crippen molar-refractivity contribution in [2.75, 3.05) is 0 Å². The molecule has 0 amide bonds. The van der Waals surface area contributed by atoms with Crippen molar-refractivity contribution < 1.29 is 0 Å². The molecule has 0 atom stereocenters. The summed E-state index contributed by atoms with van der Waals surface area (Å²) in [6.07, 6.45) is 18.4. The van der Waals surface area contributed by atoms with Crippen LogP contribution in [0.3, 0.4) is 0 Å². The Hall–Kier alpha value is -2.50. The minimum Gasteiger partial charge on any atom is -0.134 e. The van der Waals surface area contributed by atoms with Crippen LogP contribution in [0.4, 0.5) is 0 Å². The molecule has 7 aromatic rings. The van der Waals surface area contributed by atoms with E-state index < -0.39 is 0 Å². The number of fused-ring (bicyclic) bond motifs is 4. The Morgan fingerprint density at radius 1 is 0.413 bits per heavy atom. The fourth-order valence-corrected chi connectivity index (χ4v) is 12.0. The summed E-state index contributed by atoms with van der Waals surface area (Å²) in [6.45, 7) is 4.62. The van der Waals surface area contributed by atoms with Crippen LogP contribution in [-0.4, -0.2) is 0 Å². The molecule has 46 heavy (non-hydrogen) atoms. The van der Waals surface area contributed by atoms with Crippen molar-refractivity contribution in [3.05, 3.63) is 83.9 Å². The molecule has 0 spiro atoms. The molecule has 4 heteroatoms. The first-order valence-electron chi connectivity index (χ1n) is 17.7. The molecule has 4 heterocycles. The summed E-state index contributed by atoms with van der Waals surface area (Å²) in [7, 11) is 0. The van der Waals surface area contributed by atoms with E-state index in [-0.39, 0.29) is 0 Å². The van der Waals surface area contributed by atoms with E-state index in [4.69, 9.17) is 0 Å². The lowest BCUT2D eigenvalue weighted by Crippen LogP contribution is -1.88. The van der Waals surface area contributed by atoms with Gasteiger partial charge in [-0.25, -0.2) is 0 Å². The number of aryl methyl sites for hydroxylation is 2. The van der Waals surface area contributed by atoms with E-state index in [1.165, 1.54) is 150 Å². The monoisotopic (exact) mass is 678 g/mol. The zero-order chi connectivity index (χ0) is 31.3. The number of benzene rings is 3. The highest BCUT2D eigenvalue weighted by Gasteiger charge is 2.21. The van der Waals surface area contributed by atoms with Gasteiger partial charge in [-0.15, -0.1) is 45.3 Å². The van der Waals surface area contributed by atoms with Crippen molar-refractivity contribution in [2.24, 2.45) is 0 Å².